The lowest BCUT2D eigenvalue weighted by molar-refractivity contribution is 0.0773. The second kappa shape index (κ2) is 3.91. The smallest absolute Gasteiger partial charge is 0.295 e. The number of hydrogen-bond donors (Lipinski definition) is 1. The Morgan fingerprint density at radius 3 is 3.13 bits per heavy atom. The van der Waals surface area contributed by atoms with Gasteiger partial charge in [-0.1, -0.05) is 0 Å². The van der Waals surface area contributed by atoms with Crippen molar-refractivity contribution in [3.63, 3.8) is 0 Å². The summed E-state index contributed by atoms with van der Waals surface area (Å²) >= 11 is 0. The van der Waals surface area contributed by atoms with E-state index in [0.29, 0.717) is 6.54 Å². The van der Waals surface area contributed by atoms with Crippen LogP contribution in [0.5, 0.6) is 0 Å². The molecule has 0 aliphatic carbocycles. The number of amides is 1. The van der Waals surface area contributed by atoms with E-state index in [1.54, 1.807) is 25.6 Å². The molecule has 0 aliphatic rings. The average molecular weight is 207 g/mol. The van der Waals surface area contributed by atoms with Gasteiger partial charge in [0, 0.05) is 19.2 Å². The molecule has 2 aromatic heterocycles. The highest BCUT2D eigenvalue weighted by Gasteiger charge is 2.16. The molecule has 0 saturated carbocycles. The lowest BCUT2D eigenvalue weighted by Gasteiger charge is -2.13. The predicted molar refractivity (Wildman–Crippen MR) is 48.7 cm³/mol. The van der Waals surface area contributed by atoms with Gasteiger partial charge in [0.25, 0.3) is 11.7 Å². The monoisotopic (exact) mass is 207 g/mol. The molecule has 0 radical (unpaired) electrons. The minimum absolute atomic E-state index is 0.0565. The number of hydrogen-bond acceptors (Lipinski definition) is 5. The molecule has 15 heavy (non-hydrogen) atoms. The summed E-state index contributed by atoms with van der Waals surface area (Å²) in [5.41, 5.74) is 0.911. The fourth-order valence-electron chi connectivity index (χ4n) is 1.15. The summed E-state index contributed by atoms with van der Waals surface area (Å²) in [6, 6.07) is 1.79. The highest BCUT2D eigenvalue weighted by atomic mass is 16.3. The normalized spacial score (nSPS) is 10.2. The van der Waals surface area contributed by atoms with Crippen LogP contribution in [-0.2, 0) is 6.54 Å². The van der Waals surface area contributed by atoms with Crippen LogP contribution in [0.25, 0.3) is 0 Å². The van der Waals surface area contributed by atoms with Crippen LogP contribution >= 0.6 is 0 Å². The Balaban J connectivity index is 2.03. The van der Waals surface area contributed by atoms with Gasteiger partial charge in [-0.3, -0.25) is 4.79 Å². The Hall–Kier alpha value is -2.18. The summed E-state index contributed by atoms with van der Waals surface area (Å²) in [5.74, 6) is -0.231. The zero-order chi connectivity index (χ0) is 10.7. The maximum absolute atomic E-state index is 11.6. The second-order valence-corrected chi connectivity index (χ2v) is 3.03. The van der Waals surface area contributed by atoms with E-state index < -0.39 is 0 Å². The van der Waals surface area contributed by atoms with Gasteiger partial charge in [-0.15, -0.1) is 10.2 Å². The van der Waals surface area contributed by atoms with Crippen LogP contribution in [-0.4, -0.2) is 38.5 Å². The van der Waals surface area contributed by atoms with Crippen molar-refractivity contribution in [2.24, 2.45) is 0 Å². The Labute approximate surface area is 85.1 Å². The maximum atomic E-state index is 11.6. The first-order valence-corrected chi connectivity index (χ1v) is 4.27. The molecule has 2 rings (SSSR count). The van der Waals surface area contributed by atoms with Crippen molar-refractivity contribution < 1.29 is 9.21 Å². The first-order valence-electron chi connectivity index (χ1n) is 4.27. The number of carbonyl (C=O) groups is 1. The van der Waals surface area contributed by atoms with Crippen LogP contribution in [0, 0.1) is 0 Å². The SMILES string of the molecule is CN(Cc1ccoc1)C(=O)c1nn[nH]n1. The number of aromatic nitrogens is 4. The van der Waals surface area contributed by atoms with Crippen molar-refractivity contribution >= 4 is 5.91 Å². The summed E-state index contributed by atoms with van der Waals surface area (Å²) in [7, 11) is 1.66. The molecule has 0 atom stereocenters. The number of aromatic amines is 1. The van der Waals surface area contributed by atoms with Crippen molar-refractivity contribution in [2.45, 2.75) is 6.54 Å². The van der Waals surface area contributed by atoms with E-state index in [0.717, 1.165) is 5.56 Å². The van der Waals surface area contributed by atoms with Crippen LogP contribution in [0.4, 0.5) is 0 Å². The van der Waals surface area contributed by atoms with Gasteiger partial charge < -0.3 is 9.32 Å². The number of H-pyrrole nitrogens is 1. The maximum Gasteiger partial charge on any atom is 0.295 e. The predicted octanol–water partition coefficient (Wildman–Crippen LogP) is 0.0649. The molecule has 7 nitrogen and oxygen atoms in total. The van der Waals surface area contributed by atoms with E-state index in [1.807, 2.05) is 0 Å². The first-order chi connectivity index (χ1) is 7.27. The second-order valence-electron chi connectivity index (χ2n) is 3.03. The number of furan rings is 1. The van der Waals surface area contributed by atoms with Crippen molar-refractivity contribution in [1.29, 1.82) is 0 Å². The van der Waals surface area contributed by atoms with Crippen LogP contribution in [0.3, 0.4) is 0 Å². The summed E-state index contributed by atoms with van der Waals surface area (Å²) in [5, 5.41) is 12.8. The van der Waals surface area contributed by atoms with Gasteiger partial charge in [0.2, 0.25) is 0 Å². The summed E-state index contributed by atoms with van der Waals surface area (Å²) in [6.07, 6.45) is 3.14. The van der Waals surface area contributed by atoms with Gasteiger partial charge in [-0.2, -0.15) is 5.21 Å². The summed E-state index contributed by atoms with van der Waals surface area (Å²) in [6.45, 7) is 0.448. The highest BCUT2D eigenvalue weighted by Crippen LogP contribution is 2.05. The zero-order valence-corrected chi connectivity index (χ0v) is 8.04. The number of nitrogens with zero attached hydrogens (tertiary/aromatic N) is 4. The van der Waals surface area contributed by atoms with Crippen molar-refractivity contribution in [3.05, 3.63) is 30.0 Å². The fourth-order valence-corrected chi connectivity index (χ4v) is 1.15. The van der Waals surface area contributed by atoms with E-state index in [2.05, 4.69) is 20.6 Å². The molecule has 0 aliphatic heterocycles. The van der Waals surface area contributed by atoms with Crippen LogP contribution in [0.2, 0.25) is 0 Å². The van der Waals surface area contributed by atoms with Crippen molar-refractivity contribution in [1.82, 2.24) is 25.5 Å². The molecule has 1 amide bonds. The number of nitrogens with one attached hydrogen (secondary N) is 1. The highest BCUT2D eigenvalue weighted by molar-refractivity contribution is 5.89. The third-order valence-corrected chi connectivity index (χ3v) is 1.88. The standard InChI is InChI=1S/C8H9N5O2/c1-13(4-6-2-3-15-5-6)8(14)7-9-11-12-10-7/h2-3,5H,4H2,1H3,(H,9,10,11,12). The number of rotatable bonds is 3. The van der Waals surface area contributed by atoms with Crippen LogP contribution < -0.4 is 0 Å². The van der Waals surface area contributed by atoms with E-state index in [-0.39, 0.29) is 11.7 Å². The molecule has 0 aromatic carbocycles. The quantitative estimate of drug-likeness (QED) is 0.769. The first kappa shape index (κ1) is 9.38. The van der Waals surface area contributed by atoms with E-state index in [1.165, 1.54) is 4.90 Å². The minimum atomic E-state index is -0.287. The van der Waals surface area contributed by atoms with Crippen molar-refractivity contribution in [2.75, 3.05) is 7.05 Å². The third-order valence-electron chi connectivity index (χ3n) is 1.88. The number of carbonyl (C=O) groups excluding carboxylic acids is 1. The van der Waals surface area contributed by atoms with E-state index >= 15 is 0 Å². The molecule has 78 valence electrons. The third kappa shape index (κ3) is 2.01. The summed E-state index contributed by atoms with van der Waals surface area (Å²) in [4.78, 5) is 13.1. The molecular formula is C8H9N5O2. The lowest BCUT2D eigenvalue weighted by atomic mass is 10.3. The minimum Gasteiger partial charge on any atom is -0.472 e. The molecule has 0 fully saturated rings. The molecule has 0 unspecified atom stereocenters. The van der Waals surface area contributed by atoms with Gasteiger partial charge >= 0.3 is 0 Å². The lowest BCUT2D eigenvalue weighted by Crippen LogP contribution is -2.27. The van der Waals surface area contributed by atoms with Gasteiger partial charge in [0.1, 0.15) is 0 Å². The van der Waals surface area contributed by atoms with E-state index in [4.69, 9.17) is 4.42 Å². The Morgan fingerprint density at radius 1 is 1.67 bits per heavy atom. The molecular weight excluding hydrogens is 198 g/mol. The van der Waals surface area contributed by atoms with Crippen LogP contribution in [0.15, 0.2) is 23.0 Å². The van der Waals surface area contributed by atoms with E-state index in [9.17, 15) is 4.79 Å². The number of tetrazole rings is 1. The zero-order valence-electron chi connectivity index (χ0n) is 8.04. The average Bonchev–Trinajstić information content (AvgIpc) is 2.88. The van der Waals surface area contributed by atoms with Crippen molar-refractivity contribution in [3.8, 4) is 0 Å². The van der Waals surface area contributed by atoms with Gasteiger partial charge in [-0.25, -0.2) is 0 Å². The van der Waals surface area contributed by atoms with Gasteiger partial charge in [0.05, 0.1) is 12.5 Å². The molecule has 7 heteroatoms. The van der Waals surface area contributed by atoms with Gasteiger partial charge in [0.15, 0.2) is 0 Å². The molecule has 2 aromatic rings. The van der Waals surface area contributed by atoms with Crippen LogP contribution in [0.1, 0.15) is 16.2 Å². The Bertz CT molecular complexity index is 422. The van der Waals surface area contributed by atoms with Gasteiger partial charge in [-0.05, 0) is 11.3 Å². The molecule has 0 saturated heterocycles. The molecule has 0 bridgehead atoms. The topological polar surface area (TPSA) is 87.9 Å². The molecule has 0 spiro atoms. The molecule has 1 N–H and O–H groups in total. The Kier molecular flexibility index (Phi) is 2.44. The largest absolute Gasteiger partial charge is 0.472 e. The molecule has 2 heterocycles. The summed E-state index contributed by atoms with van der Waals surface area (Å²) < 4.78 is 4.90. The Morgan fingerprint density at radius 2 is 2.53 bits per heavy atom. The fraction of sp³-hybridized carbons (Fsp3) is 0.250.